The van der Waals surface area contributed by atoms with Crippen LogP contribution in [0.2, 0.25) is 0 Å². The molecule has 1 rings (SSSR count). The number of hydrogen-bond donors (Lipinski definition) is 2. The second-order valence-corrected chi connectivity index (χ2v) is 8.01. The number of hydrogen-bond acceptors (Lipinski definition) is 4. The maximum absolute atomic E-state index is 12.0. The van der Waals surface area contributed by atoms with Gasteiger partial charge < -0.3 is 10.4 Å². The molecule has 0 saturated heterocycles. The zero-order valence-electron chi connectivity index (χ0n) is 13.6. The van der Waals surface area contributed by atoms with Crippen LogP contribution in [-0.4, -0.2) is 38.2 Å². The fourth-order valence-corrected chi connectivity index (χ4v) is 3.27. The smallest absolute Gasteiger partial charge is 0.308 e. The summed E-state index contributed by atoms with van der Waals surface area (Å²) in [5.74, 6) is -1.78. The van der Waals surface area contributed by atoms with Crippen molar-refractivity contribution >= 4 is 21.7 Å². The molecule has 128 valence electrons. The van der Waals surface area contributed by atoms with E-state index in [1.807, 2.05) is 13.8 Å². The maximum Gasteiger partial charge on any atom is 0.308 e. The highest BCUT2D eigenvalue weighted by molar-refractivity contribution is 7.90. The summed E-state index contributed by atoms with van der Waals surface area (Å²) in [5.41, 5.74) is 0.406. The van der Waals surface area contributed by atoms with E-state index in [2.05, 4.69) is 5.32 Å². The topological polar surface area (TPSA) is 101 Å². The number of aliphatic carboxylic acids is 1. The molecule has 0 aliphatic rings. The van der Waals surface area contributed by atoms with Gasteiger partial charge in [0.15, 0.2) is 9.84 Å². The third-order valence-corrected chi connectivity index (χ3v) is 4.57. The molecule has 0 heterocycles. The van der Waals surface area contributed by atoms with E-state index in [1.165, 1.54) is 6.07 Å². The van der Waals surface area contributed by atoms with Crippen LogP contribution >= 0.6 is 0 Å². The lowest BCUT2D eigenvalue weighted by Crippen LogP contribution is -2.34. The molecule has 1 aromatic rings. The number of carboxylic acids is 1. The van der Waals surface area contributed by atoms with Crippen LogP contribution in [0.15, 0.2) is 29.2 Å². The largest absolute Gasteiger partial charge is 0.481 e. The van der Waals surface area contributed by atoms with Gasteiger partial charge in [-0.15, -0.1) is 0 Å². The van der Waals surface area contributed by atoms with Crippen LogP contribution in [0.5, 0.6) is 0 Å². The number of carbonyl (C=O) groups is 2. The van der Waals surface area contributed by atoms with Crippen molar-refractivity contribution in [3.05, 3.63) is 29.8 Å². The van der Waals surface area contributed by atoms with Crippen molar-refractivity contribution in [2.24, 2.45) is 11.8 Å². The molecule has 0 spiro atoms. The van der Waals surface area contributed by atoms with E-state index in [0.29, 0.717) is 12.0 Å². The highest BCUT2D eigenvalue weighted by Crippen LogP contribution is 2.16. The van der Waals surface area contributed by atoms with Crippen LogP contribution < -0.4 is 5.32 Å². The average molecular weight is 341 g/mol. The van der Waals surface area contributed by atoms with E-state index in [0.717, 1.165) is 6.26 Å². The Kier molecular flexibility index (Phi) is 6.75. The molecule has 0 aliphatic heterocycles. The summed E-state index contributed by atoms with van der Waals surface area (Å²) < 4.78 is 23.4. The zero-order chi connectivity index (χ0) is 17.6. The number of carbonyl (C=O) groups excluding carboxylic acids is 1. The Morgan fingerprint density at radius 2 is 1.83 bits per heavy atom. The first-order valence-electron chi connectivity index (χ1n) is 7.38. The van der Waals surface area contributed by atoms with Crippen LogP contribution in [0.3, 0.4) is 0 Å². The van der Waals surface area contributed by atoms with E-state index in [-0.39, 0.29) is 23.8 Å². The van der Waals surface area contributed by atoms with Crippen molar-refractivity contribution in [3.8, 4) is 0 Å². The monoisotopic (exact) mass is 341 g/mol. The third-order valence-electron chi connectivity index (χ3n) is 3.37. The molecule has 1 amide bonds. The molecule has 1 atom stereocenters. The molecule has 1 unspecified atom stereocenters. The highest BCUT2D eigenvalue weighted by atomic mass is 32.2. The number of carboxylic acid groups (broad SMARTS) is 1. The first kappa shape index (κ1) is 19.2. The van der Waals surface area contributed by atoms with Crippen molar-refractivity contribution in [2.75, 3.05) is 12.8 Å². The minimum Gasteiger partial charge on any atom is -0.481 e. The van der Waals surface area contributed by atoms with Crippen molar-refractivity contribution in [3.63, 3.8) is 0 Å². The van der Waals surface area contributed by atoms with E-state index in [4.69, 9.17) is 5.11 Å². The summed E-state index contributed by atoms with van der Waals surface area (Å²) >= 11 is 0. The molecule has 7 heteroatoms. The molecule has 0 saturated carbocycles. The zero-order valence-corrected chi connectivity index (χ0v) is 14.4. The lowest BCUT2D eigenvalue weighted by molar-refractivity contribution is -0.142. The minimum absolute atomic E-state index is 0.0351. The van der Waals surface area contributed by atoms with Crippen molar-refractivity contribution in [2.45, 2.75) is 31.6 Å². The number of sulfone groups is 1. The van der Waals surface area contributed by atoms with Crippen LogP contribution in [0.25, 0.3) is 0 Å². The summed E-state index contributed by atoms with van der Waals surface area (Å²) in [6.07, 6.45) is 1.46. The standard InChI is InChI=1S/C16H23NO5S/c1-11(2)8-13(16(19)20)10-17-15(18)9-12-6-4-5-7-14(12)23(3,21)22/h4-7,11,13H,8-10H2,1-3H3,(H,17,18)(H,19,20). The summed E-state index contributed by atoms with van der Waals surface area (Å²) in [5, 5.41) is 11.7. The Morgan fingerprint density at radius 3 is 2.35 bits per heavy atom. The maximum atomic E-state index is 12.0. The summed E-state index contributed by atoms with van der Waals surface area (Å²) in [7, 11) is -3.41. The first-order valence-corrected chi connectivity index (χ1v) is 9.28. The van der Waals surface area contributed by atoms with E-state index < -0.39 is 27.6 Å². The lowest BCUT2D eigenvalue weighted by Gasteiger charge is -2.15. The minimum atomic E-state index is -3.41. The Labute approximate surface area is 136 Å². The fourth-order valence-electron chi connectivity index (χ4n) is 2.32. The number of nitrogens with one attached hydrogen (secondary N) is 1. The van der Waals surface area contributed by atoms with Gasteiger partial charge in [0.2, 0.25) is 5.91 Å². The van der Waals surface area contributed by atoms with Gasteiger partial charge in [-0.1, -0.05) is 32.0 Å². The summed E-state index contributed by atoms with van der Waals surface area (Å²) in [4.78, 5) is 23.3. The predicted octanol–water partition coefficient (Wildman–Crippen LogP) is 1.50. The molecule has 1 aromatic carbocycles. The average Bonchev–Trinajstić information content (AvgIpc) is 2.42. The Hall–Kier alpha value is -1.89. The van der Waals surface area contributed by atoms with Crippen molar-refractivity contribution < 1.29 is 23.1 Å². The van der Waals surface area contributed by atoms with Crippen molar-refractivity contribution in [1.29, 1.82) is 0 Å². The van der Waals surface area contributed by atoms with Crippen LogP contribution in [0.1, 0.15) is 25.8 Å². The van der Waals surface area contributed by atoms with Crippen LogP contribution in [0.4, 0.5) is 0 Å². The van der Waals surface area contributed by atoms with Gasteiger partial charge in [-0.2, -0.15) is 0 Å². The van der Waals surface area contributed by atoms with Gasteiger partial charge in [-0.3, -0.25) is 9.59 Å². The van der Waals surface area contributed by atoms with Gasteiger partial charge >= 0.3 is 5.97 Å². The van der Waals surface area contributed by atoms with Crippen molar-refractivity contribution in [1.82, 2.24) is 5.32 Å². The molecular formula is C16H23NO5S. The predicted molar refractivity (Wildman–Crippen MR) is 86.8 cm³/mol. The van der Waals surface area contributed by atoms with Crippen LogP contribution in [-0.2, 0) is 25.8 Å². The molecule has 0 bridgehead atoms. The lowest BCUT2D eigenvalue weighted by atomic mass is 9.97. The molecule has 0 fully saturated rings. The Bertz CT molecular complexity index is 667. The SMILES string of the molecule is CC(C)CC(CNC(=O)Cc1ccccc1S(C)(=O)=O)C(=O)O. The molecule has 0 aliphatic carbocycles. The number of benzene rings is 1. The molecule has 0 aromatic heterocycles. The quantitative estimate of drug-likeness (QED) is 0.746. The molecule has 0 radical (unpaired) electrons. The Balaban J connectivity index is 2.73. The molecule has 2 N–H and O–H groups in total. The van der Waals surface area contributed by atoms with Gasteiger partial charge in [0.05, 0.1) is 17.2 Å². The second-order valence-electron chi connectivity index (χ2n) is 6.03. The second kappa shape index (κ2) is 8.10. The number of rotatable bonds is 8. The van der Waals surface area contributed by atoms with Gasteiger partial charge in [0.25, 0.3) is 0 Å². The van der Waals surface area contributed by atoms with Gasteiger partial charge in [-0.25, -0.2) is 8.42 Å². The summed E-state index contributed by atoms with van der Waals surface area (Å²) in [6.45, 7) is 3.87. The van der Waals surface area contributed by atoms with E-state index >= 15 is 0 Å². The van der Waals surface area contributed by atoms with Gasteiger partial charge in [-0.05, 0) is 24.0 Å². The normalized spacial score (nSPS) is 12.9. The summed E-state index contributed by atoms with van der Waals surface area (Å²) in [6, 6.07) is 6.30. The highest BCUT2D eigenvalue weighted by Gasteiger charge is 2.20. The molecule has 6 nitrogen and oxygen atoms in total. The third kappa shape index (κ3) is 6.40. The molecule has 23 heavy (non-hydrogen) atoms. The number of amides is 1. The van der Waals surface area contributed by atoms with Gasteiger partial charge in [0.1, 0.15) is 0 Å². The molecular weight excluding hydrogens is 318 g/mol. The Morgan fingerprint density at radius 1 is 1.22 bits per heavy atom. The van der Waals surface area contributed by atoms with Gasteiger partial charge in [0, 0.05) is 12.8 Å². The first-order chi connectivity index (χ1) is 10.6. The van der Waals surface area contributed by atoms with E-state index in [9.17, 15) is 18.0 Å². The fraction of sp³-hybridized carbons (Fsp3) is 0.500. The van der Waals surface area contributed by atoms with E-state index in [1.54, 1.807) is 18.2 Å². The van der Waals surface area contributed by atoms with Crippen LogP contribution in [0, 0.1) is 11.8 Å².